The minimum absolute atomic E-state index is 0.112. The molecule has 0 aliphatic heterocycles. The van der Waals surface area contributed by atoms with Gasteiger partial charge in [-0.25, -0.2) is 9.36 Å². The molecule has 0 radical (unpaired) electrons. The monoisotopic (exact) mass is 258 g/mol. The lowest BCUT2D eigenvalue weighted by molar-refractivity contribution is 0.185. The van der Waals surface area contributed by atoms with E-state index in [0.29, 0.717) is 5.75 Å². The van der Waals surface area contributed by atoms with E-state index in [9.17, 15) is 9.36 Å². The zero-order valence-electron chi connectivity index (χ0n) is 9.79. The van der Waals surface area contributed by atoms with Crippen LogP contribution < -0.4 is 4.74 Å². The smallest absolute Gasteiger partial charge is 0.417 e. The van der Waals surface area contributed by atoms with Crippen LogP contribution in [0.25, 0.3) is 0 Å². The SMILES string of the molecule is CCOP(=O)(OCC)C(=O)Oc1ccccc1. The zero-order valence-corrected chi connectivity index (χ0v) is 10.7. The molecule has 0 bridgehead atoms. The van der Waals surface area contributed by atoms with Crippen LogP contribution in [0.3, 0.4) is 0 Å². The summed E-state index contributed by atoms with van der Waals surface area (Å²) < 4.78 is 26.7. The van der Waals surface area contributed by atoms with Gasteiger partial charge in [-0.15, -0.1) is 0 Å². The summed E-state index contributed by atoms with van der Waals surface area (Å²) in [5.74, 6) is 0.303. The molecule has 0 saturated carbocycles. The summed E-state index contributed by atoms with van der Waals surface area (Å²) in [6.07, 6.45) is 0. The van der Waals surface area contributed by atoms with E-state index in [2.05, 4.69) is 0 Å². The largest absolute Gasteiger partial charge is 0.438 e. The van der Waals surface area contributed by atoms with E-state index >= 15 is 0 Å². The maximum Gasteiger partial charge on any atom is 0.438 e. The molecule has 0 amide bonds. The number of hydrogen-bond donors (Lipinski definition) is 0. The number of rotatable bonds is 6. The highest BCUT2D eigenvalue weighted by Crippen LogP contribution is 2.49. The van der Waals surface area contributed by atoms with Crippen molar-refractivity contribution in [3.8, 4) is 5.75 Å². The fourth-order valence-corrected chi connectivity index (χ4v) is 2.31. The van der Waals surface area contributed by atoms with E-state index in [1.807, 2.05) is 0 Å². The number of benzene rings is 1. The lowest BCUT2D eigenvalue weighted by atomic mass is 10.3. The molecule has 1 rings (SSSR count). The topological polar surface area (TPSA) is 61.8 Å². The molecule has 0 atom stereocenters. The van der Waals surface area contributed by atoms with Crippen LogP contribution in [0.4, 0.5) is 4.79 Å². The van der Waals surface area contributed by atoms with Crippen molar-refractivity contribution < 1.29 is 23.1 Å². The first-order chi connectivity index (χ1) is 8.12. The summed E-state index contributed by atoms with van der Waals surface area (Å²) in [4.78, 5) is 11.7. The van der Waals surface area contributed by atoms with Gasteiger partial charge < -0.3 is 13.8 Å². The van der Waals surface area contributed by atoms with Gasteiger partial charge in [0.05, 0.1) is 13.2 Å². The Bertz CT molecular complexity index is 394. The molecule has 0 saturated heterocycles. The fraction of sp³-hybridized carbons (Fsp3) is 0.364. The molecule has 0 spiro atoms. The summed E-state index contributed by atoms with van der Waals surface area (Å²) >= 11 is 0. The quantitative estimate of drug-likeness (QED) is 0.731. The Balaban J connectivity index is 2.76. The normalized spacial score (nSPS) is 11.2. The van der Waals surface area contributed by atoms with Gasteiger partial charge in [0.2, 0.25) is 0 Å². The van der Waals surface area contributed by atoms with Crippen molar-refractivity contribution in [3.05, 3.63) is 30.3 Å². The van der Waals surface area contributed by atoms with Crippen molar-refractivity contribution in [2.45, 2.75) is 13.8 Å². The van der Waals surface area contributed by atoms with Crippen molar-refractivity contribution in [1.82, 2.24) is 0 Å². The van der Waals surface area contributed by atoms with Gasteiger partial charge >= 0.3 is 13.3 Å². The maximum atomic E-state index is 12.0. The minimum Gasteiger partial charge on any atom is -0.417 e. The first kappa shape index (κ1) is 13.9. The summed E-state index contributed by atoms with van der Waals surface area (Å²) in [6, 6.07) is 8.35. The molecule has 6 heteroatoms. The molecule has 0 fully saturated rings. The second-order valence-electron chi connectivity index (χ2n) is 3.01. The Morgan fingerprint density at radius 1 is 1.12 bits per heavy atom. The predicted molar refractivity (Wildman–Crippen MR) is 63.3 cm³/mol. The molecule has 0 aliphatic rings. The lowest BCUT2D eigenvalue weighted by Crippen LogP contribution is -2.11. The van der Waals surface area contributed by atoms with Crippen molar-refractivity contribution in [2.24, 2.45) is 0 Å². The Morgan fingerprint density at radius 2 is 1.65 bits per heavy atom. The Morgan fingerprint density at radius 3 is 2.12 bits per heavy atom. The molecule has 0 heterocycles. The van der Waals surface area contributed by atoms with Crippen molar-refractivity contribution in [2.75, 3.05) is 13.2 Å². The van der Waals surface area contributed by atoms with Gasteiger partial charge in [-0.3, -0.25) is 0 Å². The molecule has 0 unspecified atom stereocenters. The highest BCUT2D eigenvalue weighted by atomic mass is 31.2. The molecule has 0 aromatic heterocycles. The average molecular weight is 258 g/mol. The van der Waals surface area contributed by atoms with Gasteiger partial charge in [0.15, 0.2) is 0 Å². The van der Waals surface area contributed by atoms with Crippen LogP contribution in [0.1, 0.15) is 13.8 Å². The maximum absolute atomic E-state index is 12.0. The van der Waals surface area contributed by atoms with Gasteiger partial charge in [-0.05, 0) is 26.0 Å². The molecule has 5 nitrogen and oxygen atoms in total. The van der Waals surface area contributed by atoms with Crippen LogP contribution in [0.5, 0.6) is 5.75 Å². The van der Waals surface area contributed by atoms with Crippen LogP contribution in [0.2, 0.25) is 0 Å². The Labute approximate surface area is 100 Å². The van der Waals surface area contributed by atoms with Crippen molar-refractivity contribution >= 4 is 13.3 Å². The fourth-order valence-electron chi connectivity index (χ4n) is 1.13. The molecule has 1 aromatic carbocycles. The predicted octanol–water partition coefficient (Wildman–Crippen LogP) is 3.45. The highest BCUT2D eigenvalue weighted by Gasteiger charge is 2.36. The molecule has 17 heavy (non-hydrogen) atoms. The third-order valence-corrected chi connectivity index (χ3v) is 3.50. The van der Waals surface area contributed by atoms with Crippen LogP contribution >= 0.6 is 7.60 Å². The summed E-state index contributed by atoms with van der Waals surface area (Å²) in [5.41, 5.74) is -0.993. The van der Waals surface area contributed by atoms with Crippen LogP contribution in [0.15, 0.2) is 30.3 Å². The highest BCUT2D eigenvalue weighted by molar-refractivity contribution is 7.71. The van der Waals surface area contributed by atoms with E-state index in [4.69, 9.17) is 13.8 Å². The van der Waals surface area contributed by atoms with Gasteiger partial charge in [0.25, 0.3) is 0 Å². The number of ether oxygens (including phenoxy) is 1. The minimum atomic E-state index is -3.84. The van der Waals surface area contributed by atoms with E-state index in [-0.39, 0.29) is 13.2 Å². The number of hydrogen-bond acceptors (Lipinski definition) is 5. The zero-order chi connectivity index (χ0) is 12.7. The lowest BCUT2D eigenvalue weighted by Gasteiger charge is -2.14. The Kier molecular flexibility index (Phi) is 5.35. The van der Waals surface area contributed by atoms with Gasteiger partial charge in [0, 0.05) is 0 Å². The molecule has 0 N–H and O–H groups in total. The van der Waals surface area contributed by atoms with Gasteiger partial charge in [-0.2, -0.15) is 0 Å². The van der Waals surface area contributed by atoms with E-state index in [1.54, 1.807) is 44.2 Å². The molecule has 1 aromatic rings. The average Bonchev–Trinajstić information content (AvgIpc) is 2.31. The summed E-state index contributed by atoms with van der Waals surface area (Å²) in [6.45, 7) is 3.48. The van der Waals surface area contributed by atoms with Crippen molar-refractivity contribution in [1.29, 1.82) is 0 Å². The summed E-state index contributed by atoms with van der Waals surface area (Å²) in [7, 11) is -3.84. The van der Waals surface area contributed by atoms with E-state index < -0.39 is 13.3 Å². The first-order valence-electron chi connectivity index (χ1n) is 5.29. The standard InChI is InChI=1S/C11H15O5P/c1-3-14-17(13,15-4-2)11(12)16-10-8-6-5-7-9-10/h5-9H,3-4H2,1-2H3. The first-order valence-corrected chi connectivity index (χ1v) is 6.83. The Hall–Kier alpha value is -1.16. The molecule has 0 aliphatic carbocycles. The molecular formula is C11H15O5P. The summed E-state index contributed by atoms with van der Waals surface area (Å²) in [5, 5.41) is 0. The third-order valence-electron chi connectivity index (χ3n) is 1.77. The van der Waals surface area contributed by atoms with Crippen LogP contribution in [0, 0.1) is 0 Å². The second-order valence-corrected chi connectivity index (χ2v) is 4.89. The second kappa shape index (κ2) is 6.55. The van der Waals surface area contributed by atoms with E-state index in [0.717, 1.165) is 0 Å². The van der Waals surface area contributed by atoms with Gasteiger partial charge in [0.1, 0.15) is 5.75 Å². The van der Waals surface area contributed by atoms with Crippen LogP contribution in [-0.2, 0) is 13.6 Å². The number of para-hydroxylation sites is 1. The number of carbonyl (C=O) groups is 1. The van der Waals surface area contributed by atoms with Crippen LogP contribution in [-0.4, -0.2) is 18.9 Å². The number of carbonyl (C=O) groups excluding carboxylic acids is 1. The molecule has 94 valence electrons. The van der Waals surface area contributed by atoms with E-state index in [1.165, 1.54) is 0 Å². The van der Waals surface area contributed by atoms with Gasteiger partial charge in [-0.1, -0.05) is 18.2 Å². The molecular weight excluding hydrogens is 243 g/mol. The van der Waals surface area contributed by atoms with Crippen molar-refractivity contribution in [3.63, 3.8) is 0 Å². The third kappa shape index (κ3) is 3.97.